The first-order valence-corrected chi connectivity index (χ1v) is 9.62. The molecule has 0 fully saturated rings. The van der Waals surface area contributed by atoms with Gasteiger partial charge in [-0.05, 0) is 39.9 Å². The van der Waals surface area contributed by atoms with Gasteiger partial charge in [0.25, 0.3) is 0 Å². The van der Waals surface area contributed by atoms with E-state index in [1.807, 2.05) is 48.9 Å². The van der Waals surface area contributed by atoms with Gasteiger partial charge in [-0.3, -0.25) is 0 Å². The van der Waals surface area contributed by atoms with Gasteiger partial charge in [0.2, 0.25) is 0 Å². The first-order valence-electron chi connectivity index (χ1n) is 9.62. The van der Waals surface area contributed by atoms with E-state index in [0.29, 0.717) is 12.1 Å². The predicted molar refractivity (Wildman–Crippen MR) is 115 cm³/mol. The van der Waals surface area contributed by atoms with Crippen LogP contribution in [0.15, 0.2) is 85.3 Å². The maximum atomic E-state index is 8.94. The third-order valence-electron chi connectivity index (χ3n) is 5.12. The second kappa shape index (κ2) is 8.55. The Morgan fingerprint density at radius 3 is 2.34 bits per heavy atom. The first kappa shape index (κ1) is 18.7. The maximum absolute atomic E-state index is 8.94. The highest BCUT2D eigenvalue weighted by molar-refractivity contribution is 5.67. The Kier molecular flexibility index (Phi) is 5.51. The molecule has 0 radical (unpaired) electrons. The molecule has 0 saturated carbocycles. The van der Waals surface area contributed by atoms with Crippen molar-refractivity contribution in [1.82, 2.24) is 9.55 Å². The van der Waals surface area contributed by atoms with Crippen LogP contribution in [0.2, 0.25) is 0 Å². The second-order valence-electron chi connectivity index (χ2n) is 7.06. The highest BCUT2D eigenvalue weighted by atomic mass is 15.0. The molecule has 0 amide bonds. The summed E-state index contributed by atoms with van der Waals surface area (Å²) in [4.78, 5) is 4.33. The molecule has 4 rings (SSSR count). The van der Waals surface area contributed by atoms with Crippen LogP contribution in [-0.4, -0.2) is 9.55 Å². The molecule has 0 aliphatic rings. The van der Waals surface area contributed by atoms with E-state index in [4.69, 9.17) is 11.0 Å². The van der Waals surface area contributed by atoms with Gasteiger partial charge in [-0.15, -0.1) is 0 Å². The molecular formula is C25H22N4. The van der Waals surface area contributed by atoms with E-state index < -0.39 is 0 Å². The zero-order chi connectivity index (χ0) is 20.1. The lowest BCUT2D eigenvalue weighted by Crippen LogP contribution is -2.04. The lowest BCUT2D eigenvalue weighted by molar-refractivity contribution is 0.753. The van der Waals surface area contributed by atoms with Crippen LogP contribution in [0, 0.1) is 11.3 Å². The zero-order valence-electron chi connectivity index (χ0n) is 16.1. The van der Waals surface area contributed by atoms with Crippen molar-refractivity contribution in [3.8, 4) is 17.2 Å². The summed E-state index contributed by atoms with van der Waals surface area (Å²) >= 11 is 0. The van der Waals surface area contributed by atoms with Crippen molar-refractivity contribution in [2.75, 3.05) is 0 Å². The van der Waals surface area contributed by atoms with Crippen LogP contribution >= 0.6 is 0 Å². The summed E-state index contributed by atoms with van der Waals surface area (Å²) in [6.45, 7) is 1.30. The Morgan fingerprint density at radius 1 is 0.897 bits per heavy atom. The number of nitrogens with two attached hydrogens (primary N) is 1. The molecule has 0 saturated heterocycles. The van der Waals surface area contributed by atoms with Crippen LogP contribution in [0.5, 0.6) is 0 Å². The summed E-state index contributed by atoms with van der Waals surface area (Å²) in [6, 6.07) is 26.7. The Hall–Kier alpha value is -3.68. The number of benzene rings is 3. The largest absolute Gasteiger partial charge is 0.330 e. The molecule has 142 valence electrons. The minimum Gasteiger partial charge on any atom is -0.330 e. The molecule has 4 nitrogen and oxygen atoms in total. The van der Waals surface area contributed by atoms with Gasteiger partial charge in [-0.1, -0.05) is 60.7 Å². The van der Waals surface area contributed by atoms with E-state index in [9.17, 15) is 0 Å². The van der Waals surface area contributed by atoms with Gasteiger partial charge in [-0.25, -0.2) is 4.98 Å². The van der Waals surface area contributed by atoms with E-state index >= 15 is 0 Å². The summed E-state index contributed by atoms with van der Waals surface area (Å²) in [7, 11) is 0. The Morgan fingerprint density at radius 2 is 1.62 bits per heavy atom. The van der Waals surface area contributed by atoms with Crippen LogP contribution in [0.1, 0.15) is 27.9 Å². The van der Waals surface area contributed by atoms with Crippen molar-refractivity contribution in [2.24, 2.45) is 5.73 Å². The van der Waals surface area contributed by atoms with E-state index in [1.54, 1.807) is 0 Å². The van der Waals surface area contributed by atoms with Gasteiger partial charge in [0.05, 0.1) is 18.0 Å². The number of rotatable bonds is 6. The van der Waals surface area contributed by atoms with Crippen LogP contribution < -0.4 is 5.73 Å². The highest BCUT2D eigenvalue weighted by Crippen LogP contribution is 2.24. The normalized spacial score (nSPS) is 10.6. The van der Waals surface area contributed by atoms with Gasteiger partial charge in [0.15, 0.2) is 0 Å². The van der Waals surface area contributed by atoms with Gasteiger partial charge in [-0.2, -0.15) is 5.26 Å². The van der Waals surface area contributed by atoms with Crippen molar-refractivity contribution < 1.29 is 0 Å². The zero-order valence-corrected chi connectivity index (χ0v) is 16.1. The van der Waals surface area contributed by atoms with Crippen LogP contribution in [-0.2, 0) is 19.5 Å². The number of nitrogens with zero attached hydrogens (tertiary/aromatic N) is 3. The quantitative estimate of drug-likeness (QED) is 0.536. The van der Waals surface area contributed by atoms with Gasteiger partial charge >= 0.3 is 0 Å². The van der Waals surface area contributed by atoms with Crippen molar-refractivity contribution in [3.63, 3.8) is 0 Å². The molecule has 1 aromatic heterocycles. The van der Waals surface area contributed by atoms with Crippen molar-refractivity contribution in [2.45, 2.75) is 19.5 Å². The molecule has 29 heavy (non-hydrogen) atoms. The van der Waals surface area contributed by atoms with Gasteiger partial charge < -0.3 is 10.3 Å². The minimum atomic E-state index is 0.533. The molecule has 2 N–H and O–H groups in total. The SMILES string of the molecule is N#Cc1ccc(Cc2cncn2Cc2ccc(-c3ccccc3CN)cc2)cc1. The topological polar surface area (TPSA) is 67.6 Å². The molecule has 1 heterocycles. The summed E-state index contributed by atoms with van der Waals surface area (Å²) in [5.41, 5.74) is 13.6. The Labute approximate surface area is 170 Å². The van der Waals surface area contributed by atoms with E-state index in [2.05, 4.69) is 52.0 Å². The number of aromatic nitrogens is 2. The van der Waals surface area contributed by atoms with Crippen molar-refractivity contribution >= 4 is 0 Å². The van der Waals surface area contributed by atoms with Crippen molar-refractivity contribution in [1.29, 1.82) is 5.26 Å². The third-order valence-corrected chi connectivity index (χ3v) is 5.12. The molecule has 0 aliphatic heterocycles. The molecule has 4 aromatic rings. The highest BCUT2D eigenvalue weighted by Gasteiger charge is 2.07. The van der Waals surface area contributed by atoms with Crippen LogP contribution in [0.4, 0.5) is 0 Å². The average Bonchev–Trinajstić information content (AvgIpc) is 3.21. The first-order chi connectivity index (χ1) is 14.3. The predicted octanol–water partition coefficient (Wildman–Crippen LogP) is 4.52. The Balaban J connectivity index is 1.50. The summed E-state index contributed by atoms with van der Waals surface area (Å²) < 4.78 is 2.17. The van der Waals surface area contributed by atoms with E-state index in [1.165, 1.54) is 22.3 Å². The standard InChI is InChI=1S/C25H22N4/c26-14-20-7-5-19(6-8-20)13-24-16-28-18-29(24)17-21-9-11-22(12-10-21)25-4-2-1-3-23(25)15-27/h1-12,16,18H,13,15,17,27H2. The van der Waals surface area contributed by atoms with Gasteiger partial charge in [0.1, 0.15) is 0 Å². The molecular weight excluding hydrogens is 356 g/mol. The summed E-state index contributed by atoms with van der Waals surface area (Å²) in [5, 5.41) is 8.94. The lowest BCUT2D eigenvalue weighted by Gasteiger charge is -2.11. The summed E-state index contributed by atoms with van der Waals surface area (Å²) in [6.07, 6.45) is 4.56. The Bertz CT molecular complexity index is 1130. The smallest absolute Gasteiger partial charge is 0.0991 e. The van der Waals surface area contributed by atoms with Crippen molar-refractivity contribution in [3.05, 3.63) is 113 Å². The van der Waals surface area contributed by atoms with Crippen LogP contribution in [0.25, 0.3) is 11.1 Å². The minimum absolute atomic E-state index is 0.533. The van der Waals surface area contributed by atoms with E-state index in [-0.39, 0.29) is 0 Å². The fourth-order valence-corrected chi connectivity index (χ4v) is 3.51. The monoisotopic (exact) mass is 378 g/mol. The lowest BCUT2D eigenvalue weighted by atomic mass is 9.99. The second-order valence-corrected chi connectivity index (χ2v) is 7.06. The molecule has 0 unspecified atom stereocenters. The van der Waals surface area contributed by atoms with Crippen LogP contribution in [0.3, 0.4) is 0 Å². The summed E-state index contributed by atoms with van der Waals surface area (Å²) in [5.74, 6) is 0. The fraction of sp³-hybridized carbons (Fsp3) is 0.120. The third kappa shape index (κ3) is 4.26. The fourth-order valence-electron chi connectivity index (χ4n) is 3.51. The number of hydrogen-bond acceptors (Lipinski definition) is 3. The maximum Gasteiger partial charge on any atom is 0.0991 e. The molecule has 0 aliphatic carbocycles. The number of nitriles is 1. The molecule has 0 bridgehead atoms. The molecule has 4 heteroatoms. The van der Waals surface area contributed by atoms with Gasteiger partial charge in [0, 0.05) is 31.4 Å². The number of imidazole rings is 1. The average molecular weight is 378 g/mol. The molecule has 3 aromatic carbocycles. The molecule has 0 spiro atoms. The van der Waals surface area contributed by atoms with E-state index in [0.717, 1.165) is 24.2 Å². The number of hydrogen-bond donors (Lipinski definition) is 1. The molecule has 0 atom stereocenters.